The molecule has 2 aromatic rings. The highest BCUT2D eigenvalue weighted by atomic mass is 35.5. The number of rotatable bonds is 5. The summed E-state index contributed by atoms with van der Waals surface area (Å²) in [7, 11) is 0. The van der Waals surface area contributed by atoms with Gasteiger partial charge in [-0.2, -0.15) is 5.26 Å². The van der Waals surface area contributed by atoms with Gasteiger partial charge in [-0.05, 0) is 69.4 Å². The van der Waals surface area contributed by atoms with Gasteiger partial charge in [0, 0.05) is 17.6 Å². The van der Waals surface area contributed by atoms with Crippen molar-refractivity contribution < 1.29 is 19.0 Å². The second-order valence-electron chi connectivity index (χ2n) is 8.15. The Morgan fingerprint density at radius 1 is 1.34 bits per heavy atom. The zero-order valence-electron chi connectivity index (χ0n) is 16.5. The molecule has 0 radical (unpaired) electrons. The lowest BCUT2D eigenvalue weighted by atomic mass is 10.0. The normalized spacial score (nSPS) is 13.7. The Balaban J connectivity index is 1.95. The van der Waals surface area contributed by atoms with Crippen molar-refractivity contribution in [2.24, 2.45) is 0 Å². The molecule has 0 spiro atoms. The highest BCUT2D eigenvalue weighted by molar-refractivity contribution is 6.32. The Hall–Kier alpha value is -2.78. The number of benzene rings is 2. The first-order valence-corrected chi connectivity index (χ1v) is 9.66. The minimum absolute atomic E-state index is 0.0531. The Morgan fingerprint density at radius 3 is 2.59 bits per heavy atom. The van der Waals surface area contributed by atoms with Crippen LogP contribution in [-0.2, 0) is 6.54 Å². The fourth-order valence-corrected chi connectivity index (χ4v) is 3.24. The monoisotopic (exact) mass is 415 g/mol. The molecule has 5 nitrogen and oxygen atoms in total. The van der Waals surface area contributed by atoms with Crippen molar-refractivity contribution in [3.8, 4) is 17.6 Å². The number of carboxylic acid groups (broad SMARTS) is 1. The fraction of sp³-hybridized carbons (Fsp3) is 0.364. The summed E-state index contributed by atoms with van der Waals surface area (Å²) in [6.45, 7) is 4.87. The Labute approximate surface area is 174 Å². The first-order chi connectivity index (χ1) is 13.6. The second kappa shape index (κ2) is 7.92. The number of nitrogens with zero attached hydrogens (tertiary/aromatic N) is 2. The van der Waals surface area contributed by atoms with Crippen LogP contribution < -0.4 is 9.84 Å². The molecule has 0 bridgehead atoms. The molecule has 0 N–H and O–H groups in total. The lowest BCUT2D eigenvalue weighted by molar-refractivity contribution is -0.271. The maximum absolute atomic E-state index is 15.2. The standard InChI is InChI=1S/C22H22ClFN2O3/c1-22(2,3)26(21(27)28)12-15-6-7-18(23)20(19(15)24)29-17-9-13(11-25)8-16(10-17)14-4-5-14/h6-10,14H,4-5,12H2,1-3H3,(H,27,28)/p-1. The Morgan fingerprint density at radius 2 is 2.03 bits per heavy atom. The number of halogens is 2. The van der Waals surface area contributed by atoms with Crippen LogP contribution >= 0.6 is 11.6 Å². The zero-order valence-corrected chi connectivity index (χ0v) is 17.2. The van der Waals surface area contributed by atoms with Gasteiger partial charge in [0.25, 0.3) is 0 Å². The maximum Gasteiger partial charge on any atom is 0.181 e. The lowest BCUT2D eigenvalue weighted by Gasteiger charge is -2.38. The number of amides is 1. The molecule has 0 atom stereocenters. The van der Waals surface area contributed by atoms with Gasteiger partial charge in [-0.3, -0.25) is 0 Å². The predicted molar refractivity (Wildman–Crippen MR) is 105 cm³/mol. The molecule has 1 saturated carbocycles. The molecule has 2 aromatic carbocycles. The molecule has 0 aliphatic heterocycles. The average molecular weight is 416 g/mol. The van der Waals surface area contributed by atoms with Crippen LogP contribution in [0.5, 0.6) is 11.5 Å². The van der Waals surface area contributed by atoms with E-state index in [1.165, 1.54) is 18.2 Å². The summed E-state index contributed by atoms with van der Waals surface area (Å²) in [5.41, 5.74) is 0.740. The summed E-state index contributed by atoms with van der Waals surface area (Å²) in [5.74, 6) is -0.242. The van der Waals surface area contributed by atoms with E-state index in [1.54, 1.807) is 32.9 Å². The van der Waals surface area contributed by atoms with Crippen LogP contribution in [0.2, 0.25) is 5.02 Å². The predicted octanol–water partition coefficient (Wildman–Crippen LogP) is 4.96. The molecule has 0 saturated heterocycles. The largest absolute Gasteiger partial charge is 0.530 e. The molecular formula is C22H21ClFN2O3-. The summed E-state index contributed by atoms with van der Waals surface area (Å²) in [6, 6.07) is 10.1. The van der Waals surface area contributed by atoms with Gasteiger partial charge in [0.15, 0.2) is 11.6 Å². The average Bonchev–Trinajstić information content (AvgIpc) is 3.48. The molecule has 3 rings (SSSR count). The molecule has 0 unspecified atom stereocenters. The maximum atomic E-state index is 15.2. The van der Waals surface area contributed by atoms with Crippen LogP contribution in [0.25, 0.3) is 0 Å². The molecule has 0 heterocycles. The molecule has 1 amide bonds. The summed E-state index contributed by atoms with van der Waals surface area (Å²) >= 11 is 6.16. The third kappa shape index (κ3) is 4.80. The summed E-state index contributed by atoms with van der Waals surface area (Å²) in [4.78, 5) is 12.5. The van der Waals surface area contributed by atoms with Gasteiger partial charge in [0.05, 0.1) is 16.7 Å². The summed E-state index contributed by atoms with van der Waals surface area (Å²) in [6.07, 6.45) is 0.695. The topological polar surface area (TPSA) is 76.4 Å². The zero-order chi connectivity index (χ0) is 21.3. The molecule has 1 aliphatic rings. The molecule has 1 fully saturated rings. The van der Waals surface area contributed by atoms with Crippen molar-refractivity contribution in [2.75, 3.05) is 0 Å². The van der Waals surface area contributed by atoms with Crippen LogP contribution in [0.4, 0.5) is 9.18 Å². The van der Waals surface area contributed by atoms with E-state index in [9.17, 15) is 15.2 Å². The number of ether oxygens (including phenoxy) is 1. The lowest BCUT2D eigenvalue weighted by Crippen LogP contribution is -2.51. The van der Waals surface area contributed by atoms with E-state index in [-0.39, 0.29) is 22.9 Å². The minimum atomic E-state index is -1.40. The third-order valence-electron chi connectivity index (χ3n) is 4.81. The third-order valence-corrected chi connectivity index (χ3v) is 5.11. The number of nitriles is 1. The molecule has 1 aliphatic carbocycles. The second-order valence-corrected chi connectivity index (χ2v) is 8.56. The minimum Gasteiger partial charge on any atom is -0.530 e. The highest BCUT2D eigenvalue weighted by Gasteiger charge is 2.26. The Bertz CT molecular complexity index is 991. The van der Waals surface area contributed by atoms with Crippen LogP contribution in [0.3, 0.4) is 0 Å². The van der Waals surface area contributed by atoms with Crippen LogP contribution in [-0.4, -0.2) is 16.5 Å². The SMILES string of the molecule is CC(C)(C)N(Cc1ccc(Cl)c(Oc2cc(C#N)cc(C3CC3)c2)c1F)C(=O)[O-]. The highest BCUT2D eigenvalue weighted by Crippen LogP contribution is 2.43. The van der Waals surface area contributed by atoms with Gasteiger partial charge in [0.1, 0.15) is 11.8 Å². The van der Waals surface area contributed by atoms with Crippen molar-refractivity contribution in [1.82, 2.24) is 4.90 Å². The van der Waals surface area contributed by atoms with Gasteiger partial charge in [-0.25, -0.2) is 4.39 Å². The van der Waals surface area contributed by atoms with Crippen molar-refractivity contribution in [3.05, 3.63) is 57.9 Å². The van der Waals surface area contributed by atoms with E-state index in [2.05, 4.69) is 6.07 Å². The van der Waals surface area contributed by atoms with Gasteiger partial charge in [0.2, 0.25) is 0 Å². The van der Waals surface area contributed by atoms with E-state index >= 15 is 4.39 Å². The van der Waals surface area contributed by atoms with E-state index < -0.39 is 17.4 Å². The van der Waals surface area contributed by atoms with Crippen LogP contribution in [0.15, 0.2) is 30.3 Å². The van der Waals surface area contributed by atoms with Gasteiger partial charge in [-0.1, -0.05) is 17.7 Å². The van der Waals surface area contributed by atoms with Gasteiger partial charge in [-0.15, -0.1) is 0 Å². The fourth-order valence-electron chi connectivity index (χ4n) is 3.05. The molecular weight excluding hydrogens is 395 g/mol. The first-order valence-electron chi connectivity index (χ1n) is 9.28. The van der Waals surface area contributed by atoms with Gasteiger partial charge < -0.3 is 19.5 Å². The van der Waals surface area contributed by atoms with Crippen molar-refractivity contribution in [1.29, 1.82) is 5.26 Å². The number of carbonyl (C=O) groups is 1. The Kier molecular flexibility index (Phi) is 5.72. The van der Waals surface area contributed by atoms with E-state index in [0.717, 1.165) is 23.3 Å². The quantitative estimate of drug-likeness (QED) is 0.691. The summed E-state index contributed by atoms with van der Waals surface area (Å²) < 4.78 is 20.9. The van der Waals surface area contributed by atoms with E-state index in [4.69, 9.17) is 16.3 Å². The number of hydrogen-bond acceptors (Lipinski definition) is 4. The van der Waals surface area contributed by atoms with E-state index in [1.807, 2.05) is 0 Å². The molecule has 29 heavy (non-hydrogen) atoms. The smallest absolute Gasteiger partial charge is 0.181 e. The summed E-state index contributed by atoms with van der Waals surface area (Å²) in [5, 5.41) is 20.8. The van der Waals surface area contributed by atoms with Crippen LogP contribution in [0, 0.1) is 17.1 Å². The van der Waals surface area contributed by atoms with Crippen molar-refractivity contribution >= 4 is 17.7 Å². The van der Waals surface area contributed by atoms with Gasteiger partial charge >= 0.3 is 0 Å². The number of carbonyl (C=O) groups excluding carboxylic acids is 1. The van der Waals surface area contributed by atoms with E-state index in [0.29, 0.717) is 17.2 Å². The van der Waals surface area contributed by atoms with Crippen molar-refractivity contribution in [2.45, 2.75) is 51.6 Å². The molecule has 152 valence electrons. The van der Waals surface area contributed by atoms with Crippen molar-refractivity contribution in [3.63, 3.8) is 0 Å². The van der Waals surface area contributed by atoms with Crippen LogP contribution in [0.1, 0.15) is 56.2 Å². The molecule has 7 heteroatoms. The number of hydrogen-bond donors (Lipinski definition) is 0. The molecule has 0 aromatic heterocycles. The first kappa shape index (κ1) is 20.9.